The normalized spacial score (nSPS) is 12.9. The lowest BCUT2D eigenvalue weighted by Crippen LogP contribution is -2.21. The lowest BCUT2D eigenvalue weighted by atomic mass is 9.87. The standard InChI is InChI=1S/C15H25NO/c1-6-12(7-2)14(16)13-9-8-10(3)11(4)15(13)17-5/h8-9,12,14H,6-7,16H2,1-5H3. The van der Waals surface area contributed by atoms with Crippen molar-refractivity contribution in [2.24, 2.45) is 11.7 Å². The summed E-state index contributed by atoms with van der Waals surface area (Å²) in [5.41, 5.74) is 9.97. The van der Waals surface area contributed by atoms with Crippen LogP contribution >= 0.6 is 0 Å². The average Bonchev–Trinajstić information content (AvgIpc) is 2.33. The zero-order valence-electron chi connectivity index (χ0n) is 11.7. The van der Waals surface area contributed by atoms with E-state index >= 15 is 0 Å². The van der Waals surface area contributed by atoms with E-state index in [0.29, 0.717) is 5.92 Å². The molecular formula is C15H25NO. The molecule has 17 heavy (non-hydrogen) atoms. The van der Waals surface area contributed by atoms with Crippen molar-refractivity contribution in [3.8, 4) is 5.75 Å². The predicted octanol–water partition coefficient (Wildman–Crippen LogP) is 3.75. The van der Waals surface area contributed by atoms with Crippen molar-refractivity contribution in [2.75, 3.05) is 7.11 Å². The summed E-state index contributed by atoms with van der Waals surface area (Å²) in [5.74, 6) is 1.48. The zero-order chi connectivity index (χ0) is 13.0. The van der Waals surface area contributed by atoms with Gasteiger partial charge < -0.3 is 10.5 Å². The van der Waals surface area contributed by atoms with Crippen LogP contribution in [0.15, 0.2) is 12.1 Å². The van der Waals surface area contributed by atoms with E-state index in [1.165, 1.54) is 11.1 Å². The summed E-state index contributed by atoms with van der Waals surface area (Å²) in [6, 6.07) is 4.32. The molecule has 1 rings (SSSR count). The molecule has 96 valence electrons. The van der Waals surface area contributed by atoms with Gasteiger partial charge in [-0.2, -0.15) is 0 Å². The highest BCUT2D eigenvalue weighted by atomic mass is 16.5. The Hall–Kier alpha value is -1.02. The fraction of sp³-hybridized carbons (Fsp3) is 0.600. The summed E-state index contributed by atoms with van der Waals surface area (Å²) in [5, 5.41) is 0. The van der Waals surface area contributed by atoms with Gasteiger partial charge in [-0.1, -0.05) is 38.8 Å². The van der Waals surface area contributed by atoms with E-state index in [0.717, 1.165) is 24.2 Å². The van der Waals surface area contributed by atoms with Crippen LogP contribution in [0, 0.1) is 19.8 Å². The van der Waals surface area contributed by atoms with Crippen molar-refractivity contribution < 1.29 is 4.74 Å². The number of hydrogen-bond acceptors (Lipinski definition) is 2. The molecule has 1 unspecified atom stereocenters. The largest absolute Gasteiger partial charge is 0.496 e. The van der Waals surface area contributed by atoms with Crippen LogP contribution in [0.1, 0.15) is 49.4 Å². The lowest BCUT2D eigenvalue weighted by Gasteiger charge is -2.24. The topological polar surface area (TPSA) is 35.2 Å². The van der Waals surface area contributed by atoms with Gasteiger partial charge in [0.05, 0.1) is 7.11 Å². The first-order chi connectivity index (χ1) is 8.06. The molecule has 0 saturated heterocycles. The van der Waals surface area contributed by atoms with Gasteiger partial charge in [0.1, 0.15) is 5.75 Å². The quantitative estimate of drug-likeness (QED) is 0.843. The number of ether oxygens (including phenoxy) is 1. The molecule has 2 N–H and O–H groups in total. The Morgan fingerprint density at radius 1 is 1.18 bits per heavy atom. The minimum absolute atomic E-state index is 0.0687. The fourth-order valence-electron chi connectivity index (χ4n) is 2.39. The van der Waals surface area contributed by atoms with Crippen LogP contribution in [0.5, 0.6) is 5.75 Å². The number of hydrogen-bond donors (Lipinski definition) is 1. The number of aryl methyl sites for hydroxylation is 1. The maximum Gasteiger partial charge on any atom is 0.126 e. The second-order valence-electron chi connectivity index (χ2n) is 4.73. The first-order valence-electron chi connectivity index (χ1n) is 6.46. The van der Waals surface area contributed by atoms with Crippen LogP contribution in [-0.2, 0) is 0 Å². The van der Waals surface area contributed by atoms with Crippen LogP contribution in [0.25, 0.3) is 0 Å². The second-order valence-corrected chi connectivity index (χ2v) is 4.73. The van der Waals surface area contributed by atoms with Crippen LogP contribution in [0.4, 0.5) is 0 Å². The van der Waals surface area contributed by atoms with E-state index in [1.54, 1.807) is 7.11 Å². The van der Waals surface area contributed by atoms with Gasteiger partial charge >= 0.3 is 0 Å². The molecule has 0 aliphatic heterocycles. The molecule has 2 heteroatoms. The molecule has 0 bridgehead atoms. The van der Waals surface area contributed by atoms with E-state index in [9.17, 15) is 0 Å². The van der Waals surface area contributed by atoms with Crippen molar-refractivity contribution in [3.05, 3.63) is 28.8 Å². The third kappa shape index (κ3) is 2.81. The Morgan fingerprint density at radius 2 is 1.76 bits per heavy atom. The number of rotatable bonds is 5. The Morgan fingerprint density at radius 3 is 2.24 bits per heavy atom. The smallest absolute Gasteiger partial charge is 0.126 e. The van der Waals surface area contributed by atoms with Gasteiger partial charge in [-0.25, -0.2) is 0 Å². The molecule has 1 aromatic rings. The Balaban J connectivity index is 3.17. The SMILES string of the molecule is CCC(CC)C(N)c1ccc(C)c(C)c1OC. The Labute approximate surface area is 105 Å². The second kappa shape index (κ2) is 6.06. The highest BCUT2D eigenvalue weighted by molar-refractivity contribution is 5.46. The third-order valence-corrected chi connectivity index (χ3v) is 3.83. The summed E-state index contributed by atoms with van der Waals surface area (Å²) in [7, 11) is 1.73. The molecule has 0 aromatic heterocycles. The molecule has 0 spiro atoms. The molecule has 0 radical (unpaired) electrons. The Bertz CT molecular complexity index is 369. The maximum atomic E-state index is 6.38. The van der Waals surface area contributed by atoms with Crippen LogP contribution in [0.2, 0.25) is 0 Å². The van der Waals surface area contributed by atoms with E-state index in [4.69, 9.17) is 10.5 Å². The maximum absolute atomic E-state index is 6.38. The Kier molecular flexibility index (Phi) is 5.01. The molecule has 0 aliphatic rings. The van der Waals surface area contributed by atoms with Crippen molar-refractivity contribution in [1.29, 1.82) is 0 Å². The van der Waals surface area contributed by atoms with Gasteiger partial charge in [0.2, 0.25) is 0 Å². The minimum atomic E-state index is 0.0687. The lowest BCUT2D eigenvalue weighted by molar-refractivity contribution is 0.369. The van der Waals surface area contributed by atoms with Crippen LogP contribution in [-0.4, -0.2) is 7.11 Å². The summed E-state index contributed by atoms with van der Waals surface area (Å²) in [4.78, 5) is 0. The number of benzene rings is 1. The highest BCUT2D eigenvalue weighted by Crippen LogP contribution is 2.34. The molecule has 1 atom stereocenters. The van der Waals surface area contributed by atoms with Gasteiger partial charge in [-0.15, -0.1) is 0 Å². The van der Waals surface area contributed by atoms with Crippen molar-refractivity contribution in [2.45, 2.75) is 46.6 Å². The van der Waals surface area contributed by atoms with Crippen molar-refractivity contribution in [1.82, 2.24) is 0 Å². The van der Waals surface area contributed by atoms with Gasteiger partial charge in [0, 0.05) is 11.6 Å². The van der Waals surface area contributed by atoms with E-state index in [1.807, 2.05) is 0 Å². The molecule has 0 amide bonds. The molecule has 0 heterocycles. The summed E-state index contributed by atoms with van der Waals surface area (Å²) in [6.07, 6.45) is 2.21. The van der Waals surface area contributed by atoms with E-state index in [2.05, 4.69) is 39.8 Å². The van der Waals surface area contributed by atoms with Gasteiger partial charge in [0.15, 0.2) is 0 Å². The molecule has 0 fully saturated rings. The molecule has 2 nitrogen and oxygen atoms in total. The fourth-order valence-corrected chi connectivity index (χ4v) is 2.39. The van der Waals surface area contributed by atoms with E-state index < -0.39 is 0 Å². The summed E-state index contributed by atoms with van der Waals surface area (Å²) < 4.78 is 5.54. The van der Waals surface area contributed by atoms with Gasteiger partial charge in [-0.3, -0.25) is 0 Å². The first-order valence-corrected chi connectivity index (χ1v) is 6.46. The molecule has 0 aliphatic carbocycles. The van der Waals surface area contributed by atoms with Crippen LogP contribution in [0.3, 0.4) is 0 Å². The zero-order valence-corrected chi connectivity index (χ0v) is 11.7. The molecular weight excluding hydrogens is 210 g/mol. The number of methoxy groups -OCH3 is 1. The minimum Gasteiger partial charge on any atom is -0.496 e. The average molecular weight is 235 g/mol. The van der Waals surface area contributed by atoms with Gasteiger partial charge in [0.25, 0.3) is 0 Å². The van der Waals surface area contributed by atoms with Crippen molar-refractivity contribution in [3.63, 3.8) is 0 Å². The van der Waals surface area contributed by atoms with Gasteiger partial charge in [-0.05, 0) is 30.9 Å². The van der Waals surface area contributed by atoms with Crippen molar-refractivity contribution >= 4 is 0 Å². The van der Waals surface area contributed by atoms with Crippen LogP contribution < -0.4 is 10.5 Å². The summed E-state index contributed by atoms with van der Waals surface area (Å²) >= 11 is 0. The third-order valence-electron chi connectivity index (χ3n) is 3.83. The molecule has 0 saturated carbocycles. The summed E-state index contributed by atoms with van der Waals surface area (Å²) in [6.45, 7) is 8.59. The van der Waals surface area contributed by atoms with E-state index in [-0.39, 0.29) is 6.04 Å². The predicted molar refractivity (Wildman–Crippen MR) is 73.5 cm³/mol. The molecule has 1 aromatic carbocycles. The highest BCUT2D eigenvalue weighted by Gasteiger charge is 2.21. The number of nitrogens with two attached hydrogens (primary N) is 1. The monoisotopic (exact) mass is 235 g/mol. The first kappa shape index (κ1) is 14.0.